The number of nitrogens with zero attached hydrogens (tertiary/aromatic N) is 2. The van der Waals surface area contributed by atoms with Crippen LogP contribution in [-0.4, -0.2) is 42.4 Å². The number of β-amino-alcohol motifs (C(OH)–C–C–N with tert-alkyl or cyclic N) is 1. The number of anilines is 1. The molecule has 1 aromatic rings. The minimum absolute atomic E-state index is 0.291. The van der Waals surface area contributed by atoms with E-state index in [1.807, 2.05) is 4.90 Å². The van der Waals surface area contributed by atoms with Gasteiger partial charge in [-0.2, -0.15) is 0 Å². The number of aromatic nitrogens is 1. The maximum absolute atomic E-state index is 11.5. The van der Waals surface area contributed by atoms with E-state index in [0.29, 0.717) is 17.8 Å². The largest absolute Gasteiger partial charge is 0.465 e. The first-order chi connectivity index (χ1) is 8.61. The highest BCUT2D eigenvalue weighted by molar-refractivity contribution is 5.90. The number of carbonyl (C=O) groups excluding carboxylic acids is 1. The molecule has 1 aliphatic heterocycles. The van der Waals surface area contributed by atoms with Crippen molar-refractivity contribution in [3.05, 3.63) is 23.4 Å². The van der Waals surface area contributed by atoms with E-state index < -0.39 is 0 Å². The Morgan fingerprint density at radius 3 is 2.94 bits per heavy atom. The standard InChI is InChI=1S/C13H18N2O3/c1-9-11(13(17)18-2)5-6-12(14-9)15-7-3-4-10(16)8-15/h5-6,10,16H,3-4,7-8H2,1-2H3/t10-/m0/s1. The monoisotopic (exact) mass is 250 g/mol. The molecule has 0 aromatic carbocycles. The fourth-order valence-electron chi connectivity index (χ4n) is 2.21. The molecular formula is C13H18N2O3. The van der Waals surface area contributed by atoms with Gasteiger partial charge in [0.1, 0.15) is 5.82 Å². The van der Waals surface area contributed by atoms with Crippen LogP contribution in [-0.2, 0) is 4.74 Å². The molecule has 5 heteroatoms. The molecule has 98 valence electrons. The number of pyridine rings is 1. The number of piperidine rings is 1. The van der Waals surface area contributed by atoms with E-state index in [1.165, 1.54) is 7.11 Å². The van der Waals surface area contributed by atoms with E-state index in [1.54, 1.807) is 19.1 Å². The van der Waals surface area contributed by atoms with Crippen molar-refractivity contribution in [1.82, 2.24) is 4.98 Å². The molecular weight excluding hydrogens is 232 g/mol. The van der Waals surface area contributed by atoms with Crippen molar-refractivity contribution in [2.75, 3.05) is 25.1 Å². The predicted octanol–water partition coefficient (Wildman–Crippen LogP) is 1.14. The number of rotatable bonds is 2. The van der Waals surface area contributed by atoms with Gasteiger partial charge in [-0.1, -0.05) is 0 Å². The van der Waals surface area contributed by atoms with E-state index >= 15 is 0 Å². The van der Waals surface area contributed by atoms with Crippen molar-refractivity contribution in [3.63, 3.8) is 0 Å². The summed E-state index contributed by atoms with van der Waals surface area (Å²) in [7, 11) is 1.36. The van der Waals surface area contributed by atoms with Crippen LogP contribution in [0.5, 0.6) is 0 Å². The van der Waals surface area contributed by atoms with E-state index in [2.05, 4.69) is 9.72 Å². The molecule has 0 aliphatic carbocycles. The van der Waals surface area contributed by atoms with Gasteiger partial charge >= 0.3 is 5.97 Å². The van der Waals surface area contributed by atoms with Crippen LogP contribution in [0.2, 0.25) is 0 Å². The summed E-state index contributed by atoms with van der Waals surface area (Å²) in [5.74, 6) is 0.434. The van der Waals surface area contributed by atoms with Crippen LogP contribution in [0, 0.1) is 6.92 Å². The predicted molar refractivity (Wildman–Crippen MR) is 67.8 cm³/mol. The summed E-state index contributed by atoms with van der Waals surface area (Å²) in [6.07, 6.45) is 1.51. The van der Waals surface area contributed by atoms with Crippen molar-refractivity contribution in [3.8, 4) is 0 Å². The molecule has 18 heavy (non-hydrogen) atoms. The SMILES string of the molecule is COC(=O)c1ccc(N2CCC[C@H](O)C2)nc1C. The quantitative estimate of drug-likeness (QED) is 0.797. The van der Waals surface area contributed by atoms with Crippen molar-refractivity contribution in [2.24, 2.45) is 0 Å². The van der Waals surface area contributed by atoms with Crippen LogP contribution in [0.1, 0.15) is 28.9 Å². The molecule has 0 unspecified atom stereocenters. The van der Waals surface area contributed by atoms with Crippen molar-refractivity contribution < 1.29 is 14.6 Å². The lowest BCUT2D eigenvalue weighted by molar-refractivity contribution is 0.0599. The molecule has 0 spiro atoms. The maximum atomic E-state index is 11.5. The number of aryl methyl sites for hydroxylation is 1. The number of aliphatic hydroxyl groups excluding tert-OH is 1. The van der Waals surface area contributed by atoms with Gasteiger partial charge in [-0.3, -0.25) is 0 Å². The van der Waals surface area contributed by atoms with Gasteiger partial charge in [-0.15, -0.1) is 0 Å². The molecule has 1 atom stereocenters. The number of esters is 1. The van der Waals surface area contributed by atoms with Crippen LogP contribution >= 0.6 is 0 Å². The Kier molecular flexibility index (Phi) is 3.81. The van der Waals surface area contributed by atoms with E-state index in [-0.39, 0.29) is 12.1 Å². The summed E-state index contributed by atoms with van der Waals surface area (Å²) >= 11 is 0. The van der Waals surface area contributed by atoms with Crippen LogP contribution in [0.3, 0.4) is 0 Å². The maximum Gasteiger partial charge on any atom is 0.339 e. The van der Waals surface area contributed by atoms with Gasteiger partial charge in [0, 0.05) is 13.1 Å². The first-order valence-corrected chi connectivity index (χ1v) is 6.11. The highest BCUT2D eigenvalue weighted by Gasteiger charge is 2.20. The van der Waals surface area contributed by atoms with E-state index in [4.69, 9.17) is 0 Å². The Bertz CT molecular complexity index is 448. The van der Waals surface area contributed by atoms with Crippen molar-refractivity contribution in [1.29, 1.82) is 0 Å². The van der Waals surface area contributed by atoms with Crippen molar-refractivity contribution in [2.45, 2.75) is 25.9 Å². The second-order valence-corrected chi connectivity index (χ2v) is 4.54. The minimum atomic E-state index is -0.370. The summed E-state index contributed by atoms with van der Waals surface area (Å²) < 4.78 is 4.69. The normalized spacial score (nSPS) is 19.7. The average Bonchev–Trinajstić information content (AvgIpc) is 2.37. The number of ether oxygens (including phenoxy) is 1. The van der Waals surface area contributed by atoms with Gasteiger partial charge in [0.25, 0.3) is 0 Å². The Morgan fingerprint density at radius 1 is 1.56 bits per heavy atom. The molecule has 2 heterocycles. The molecule has 2 rings (SSSR count). The topological polar surface area (TPSA) is 62.7 Å². The minimum Gasteiger partial charge on any atom is -0.465 e. The average molecular weight is 250 g/mol. The van der Waals surface area contributed by atoms with Crippen molar-refractivity contribution >= 4 is 11.8 Å². The van der Waals surface area contributed by atoms with Gasteiger partial charge in [0.2, 0.25) is 0 Å². The zero-order valence-electron chi connectivity index (χ0n) is 10.7. The molecule has 0 amide bonds. The number of hydrogen-bond acceptors (Lipinski definition) is 5. The van der Waals surface area contributed by atoms with Gasteiger partial charge < -0.3 is 14.7 Å². The van der Waals surface area contributed by atoms with Gasteiger partial charge in [-0.05, 0) is 31.9 Å². The van der Waals surface area contributed by atoms with Crippen LogP contribution < -0.4 is 4.90 Å². The van der Waals surface area contributed by atoms with Gasteiger partial charge in [0.05, 0.1) is 24.5 Å². The lowest BCUT2D eigenvalue weighted by Gasteiger charge is -2.31. The Hall–Kier alpha value is -1.62. The third-order valence-electron chi connectivity index (χ3n) is 3.20. The molecule has 1 aromatic heterocycles. The third kappa shape index (κ3) is 2.61. The first-order valence-electron chi connectivity index (χ1n) is 6.11. The Labute approximate surface area is 106 Å². The first kappa shape index (κ1) is 12.8. The number of methoxy groups -OCH3 is 1. The van der Waals surface area contributed by atoms with Crippen LogP contribution in [0.4, 0.5) is 5.82 Å². The second-order valence-electron chi connectivity index (χ2n) is 4.54. The zero-order chi connectivity index (χ0) is 13.1. The second kappa shape index (κ2) is 5.35. The summed E-state index contributed by atoms with van der Waals surface area (Å²) in [5, 5.41) is 9.65. The molecule has 0 saturated carbocycles. The fourth-order valence-corrected chi connectivity index (χ4v) is 2.21. The molecule has 1 saturated heterocycles. The van der Waals surface area contributed by atoms with Gasteiger partial charge in [-0.25, -0.2) is 9.78 Å². The highest BCUT2D eigenvalue weighted by atomic mass is 16.5. The summed E-state index contributed by atoms with van der Waals surface area (Å²) in [4.78, 5) is 17.9. The molecule has 0 radical (unpaired) electrons. The smallest absolute Gasteiger partial charge is 0.339 e. The molecule has 1 fully saturated rings. The number of carbonyl (C=O) groups is 1. The van der Waals surface area contributed by atoms with Crippen LogP contribution in [0.15, 0.2) is 12.1 Å². The Balaban J connectivity index is 2.20. The number of hydrogen-bond donors (Lipinski definition) is 1. The number of aliphatic hydroxyl groups is 1. The van der Waals surface area contributed by atoms with E-state index in [9.17, 15) is 9.90 Å². The molecule has 5 nitrogen and oxygen atoms in total. The zero-order valence-corrected chi connectivity index (χ0v) is 10.7. The fraction of sp³-hybridized carbons (Fsp3) is 0.538. The molecule has 0 bridgehead atoms. The lowest BCUT2D eigenvalue weighted by Crippen LogP contribution is -2.38. The summed E-state index contributed by atoms with van der Waals surface area (Å²) in [5.41, 5.74) is 1.14. The van der Waals surface area contributed by atoms with Gasteiger partial charge in [0.15, 0.2) is 0 Å². The summed E-state index contributed by atoms with van der Waals surface area (Å²) in [6.45, 7) is 3.28. The Morgan fingerprint density at radius 2 is 2.33 bits per heavy atom. The highest BCUT2D eigenvalue weighted by Crippen LogP contribution is 2.20. The summed E-state index contributed by atoms with van der Waals surface area (Å²) in [6, 6.07) is 3.53. The molecule has 1 N–H and O–H groups in total. The third-order valence-corrected chi connectivity index (χ3v) is 3.20. The van der Waals surface area contributed by atoms with E-state index in [0.717, 1.165) is 25.2 Å². The molecule has 1 aliphatic rings. The lowest BCUT2D eigenvalue weighted by atomic mass is 10.1. The van der Waals surface area contributed by atoms with Crippen LogP contribution in [0.25, 0.3) is 0 Å².